The summed E-state index contributed by atoms with van der Waals surface area (Å²) in [5.41, 5.74) is 5.35. The Kier molecular flexibility index (Phi) is 8.15. The van der Waals surface area contributed by atoms with Gasteiger partial charge in [0.05, 0.1) is 19.0 Å². The highest BCUT2D eigenvalue weighted by atomic mass is 16.5. The zero-order chi connectivity index (χ0) is 14.2. The molecule has 0 amide bonds. The number of amidine groups is 1. The molecule has 0 aromatic rings. The molecule has 0 saturated heterocycles. The highest BCUT2D eigenvalue weighted by molar-refractivity contribution is 5.82. The van der Waals surface area contributed by atoms with Gasteiger partial charge >= 0.3 is 0 Å². The van der Waals surface area contributed by atoms with Crippen LogP contribution in [0.4, 0.5) is 0 Å². The monoisotopic (exact) mass is 259 g/mol. The van der Waals surface area contributed by atoms with Crippen LogP contribution in [0.2, 0.25) is 0 Å². The first-order valence-electron chi connectivity index (χ1n) is 6.41. The smallest absolute Gasteiger partial charge is 0.0963 e. The van der Waals surface area contributed by atoms with Gasteiger partial charge in [-0.3, -0.25) is 10.3 Å². The second kappa shape index (κ2) is 8.45. The van der Waals surface area contributed by atoms with Crippen molar-refractivity contribution >= 4 is 5.84 Å². The number of nitrogens with two attached hydrogens (primary N) is 1. The third-order valence-electron chi connectivity index (χ3n) is 3.37. The van der Waals surface area contributed by atoms with Crippen LogP contribution in [0, 0.1) is 10.8 Å². The molecular formula is C13H29N3O2. The molecule has 5 nitrogen and oxygen atoms in total. The van der Waals surface area contributed by atoms with Gasteiger partial charge in [0.2, 0.25) is 0 Å². The number of hydrogen-bond acceptors (Lipinski definition) is 4. The first kappa shape index (κ1) is 17.4. The Balaban J connectivity index is 4.35. The first-order valence-corrected chi connectivity index (χ1v) is 6.41. The third kappa shape index (κ3) is 6.33. The minimum atomic E-state index is -0.252. The van der Waals surface area contributed by atoms with Gasteiger partial charge in [-0.15, -0.1) is 0 Å². The lowest BCUT2D eigenvalue weighted by molar-refractivity contribution is 0.0704. The Morgan fingerprint density at radius 3 is 2.33 bits per heavy atom. The normalized spacial score (nSPS) is 13.9. The fourth-order valence-electron chi connectivity index (χ4n) is 1.67. The minimum absolute atomic E-state index is 0.244. The van der Waals surface area contributed by atoms with E-state index in [9.17, 15) is 0 Å². The van der Waals surface area contributed by atoms with Crippen molar-refractivity contribution in [2.45, 2.75) is 33.2 Å². The van der Waals surface area contributed by atoms with Crippen LogP contribution in [-0.2, 0) is 9.47 Å². The predicted molar refractivity (Wildman–Crippen MR) is 75.1 cm³/mol. The summed E-state index contributed by atoms with van der Waals surface area (Å²) in [7, 11) is 3.42. The van der Waals surface area contributed by atoms with E-state index >= 15 is 0 Å². The molecular weight excluding hydrogens is 230 g/mol. The van der Waals surface area contributed by atoms with Crippen molar-refractivity contribution in [1.82, 2.24) is 4.90 Å². The van der Waals surface area contributed by atoms with Gasteiger partial charge in [-0.25, -0.2) is 0 Å². The van der Waals surface area contributed by atoms with Crippen LogP contribution in [0.5, 0.6) is 0 Å². The number of nitrogens with zero attached hydrogens (tertiary/aromatic N) is 1. The lowest BCUT2D eigenvalue weighted by Crippen LogP contribution is -2.42. The van der Waals surface area contributed by atoms with Gasteiger partial charge in [0.1, 0.15) is 0 Å². The van der Waals surface area contributed by atoms with Crippen molar-refractivity contribution < 1.29 is 9.47 Å². The standard InChI is InChI=1S/C13H29N3O2/c1-11(10-18-5)16(8-9-17-4)7-6-13(2,3)12(14)15/h11H,6-10H2,1-5H3,(H3,14,15). The average molecular weight is 259 g/mol. The summed E-state index contributed by atoms with van der Waals surface area (Å²) in [4.78, 5) is 2.32. The lowest BCUT2D eigenvalue weighted by atomic mass is 9.88. The highest BCUT2D eigenvalue weighted by Gasteiger charge is 2.24. The van der Waals surface area contributed by atoms with E-state index in [1.165, 1.54) is 0 Å². The van der Waals surface area contributed by atoms with Gasteiger partial charge in [-0.1, -0.05) is 13.8 Å². The number of rotatable bonds is 10. The van der Waals surface area contributed by atoms with E-state index in [1.807, 2.05) is 13.8 Å². The van der Waals surface area contributed by atoms with Gasteiger partial charge in [0, 0.05) is 32.2 Å². The molecule has 108 valence electrons. The molecule has 0 aliphatic carbocycles. The molecule has 0 bridgehead atoms. The quantitative estimate of drug-likeness (QED) is 0.458. The number of hydrogen-bond donors (Lipinski definition) is 2. The second-order valence-corrected chi connectivity index (χ2v) is 5.38. The van der Waals surface area contributed by atoms with E-state index in [2.05, 4.69) is 11.8 Å². The van der Waals surface area contributed by atoms with E-state index in [1.54, 1.807) is 14.2 Å². The molecule has 0 fully saturated rings. The maximum atomic E-state index is 7.58. The maximum absolute atomic E-state index is 7.58. The third-order valence-corrected chi connectivity index (χ3v) is 3.37. The van der Waals surface area contributed by atoms with Crippen molar-refractivity contribution in [3.63, 3.8) is 0 Å². The van der Waals surface area contributed by atoms with Crippen molar-refractivity contribution in [3.05, 3.63) is 0 Å². The summed E-state index contributed by atoms with van der Waals surface area (Å²) in [5, 5.41) is 7.58. The molecule has 3 N–H and O–H groups in total. The number of methoxy groups -OCH3 is 2. The van der Waals surface area contributed by atoms with Gasteiger partial charge in [0.15, 0.2) is 0 Å². The second-order valence-electron chi connectivity index (χ2n) is 5.38. The van der Waals surface area contributed by atoms with E-state index in [0.717, 1.165) is 19.5 Å². The van der Waals surface area contributed by atoms with Gasteiger partial charge in [0.25, 0.3) is 0 Å². The number of ether oxygens (including phenoxy) is 2. The zero-order valence-corrected chi connectivity index (χ0v) is 12.5. The van der Waals surface area contributed by atoms with Gasteiger partial charge < -0.3 is 15.2 Å². The Morgan fingerprint density at radius 1 is 1.28 bits per heavy atom. The molecule has 1 unspecified atom stereocenters. The Bertz CT molecular complexity index is 244. The minimum Gasteiger partial charge on any atom is -0.387 e. The fourth-order valence-corrected chi connectivity index (χ4v) is 1.67. The molecule has 0 rings (SSSR count). The summed E-state index contributed by atoms with van der Waals surface area (Å²) >= 11 is 0. The Hall–Kier alpha value is -0.650. The van der Waals surface area contributed by atoms with Crippen LogP contribution >= 0.6 is 0 Å². The molecule has 0 heterocycles. The Labute approximate surface area is 111 Å². The zero-order valence-electron chi connectivity index (χ0n) is 12.5. The number of nitrogens with one attached hydrogen (secondary N) is 1. The fraction of sp³-hybridized carbons (Fsp3) is 0.923. The van der Waals surface area contributed by atoms with E-state index in [0.29, 0.717) is 19.3 Å². The Morgan fingerprint density at radius 2 is 1.89 bits per heavy atom. The molecule has 0 saturated carbocycles. The van der Waals surface area contributed by atoms with Crippen LogP contribution in [0.15, 0.2) is 0 Å². The summed E-state index contributed by atoms with van der Waals surface area (Å²) in [5.74, 6) is 0.244. The van der Waals surface area contributed by atoms with Crippen LogP contribution in [0.25, 0.3) is 0 Å². The average Bonchev–Trinajstić information content (AvgIpc) is 2.29. The van der Waals surface area contributed by atoms with Gasteiger partial charge in [-0.05, 0) is 19.9 Å². The predicted octanol–water partition coefficient (Wildman–Crippen LogP) is 1.32. The molecule has 18 heavy (non-hydrogen) atoms. The SMILES string of the molecule is COCCN(CCC(C)(C)C(=N)N)C(C)COC. The molecule has 0 aromatic carbocycles. The first-order chi connectivity index (χ1) is 8.35. The van der Waals surface area contributed by atoms with Crippen LogP contribution in [0.1, 0.15) is 27.2 Å². The van der Waals surface area contributed by atoms with Crippen molar-refractivity contribution in [3.8, 4) is 0 Å². The summed E-state index contributed by atoms with van der Waals surface area (Å²) < 4.78 is 10.3. The lowest BCUT2D eigenvalue weighted by Gasteiger charge is -2.32. The summed E-state index contributed by atoms with van der Waals surface area (Å²) in [6, 6.07) is 0.341. The largest absolute Gasteiger partial charge is 0.387 e. The summed E-state index contributed by atoms with van der Waals surface area (Å²) in [6.07, 6.45) is 0.861. The molecule has 0 aromatic heterocycles. The van der Waals surface area contributed by atoms with Crippen LogP contribution in [0.3, 0.4) is 0 Å². The topological polar surface area (TPSA) is 71.6 Å². The van der Waals surface area contributed by atoms with E-state index < -0.39 is 0 Å². The van der Waals surface area contributed by atoms with E-state index in [-0.39, 0.29) is 11.3 Å². The van der Waals surface area contributed by atoms with Crippen molar-refractivity contribution in [1.29, 1.82) is 5.41 Å². The molecule has 0 aliphatic heterocycles. The van der Waals surface area contributed by atoms with Crippen molar-refractivity contribution in [2.75, 3.05) is 40.5 Å². The molecule has 1 atom stereocenters. The summed E-state index contributed by atoms with van der Waals surface area (Å²) in [6.45, 7) is 9.31. The van der Waals surface area contributed by atoms with Gasteiger partial charge in [-0.2, -0.15) is 0 Å². The molecule has 0 radical (unpaired) electrons. The molecule has 0 aliphatic rings. The van der Waals surface area contributed by atoms with Crippen LogP contribution < -0.4 is 5.73 Å². The maximum Gasteiger partial charge on any atom is 0.0963 e. The van der Waals surface area contributed by atoms with Crippen molar-refractivity contribution in [2.24, 2.45) is 11.1 Å². The van der Waals surface area contributed by atoms with Crippen LogP contribution in [-0.4, -0.2) is 57.3 Å². The molecule has 0 spiro atoms. The van der Waals surface area contributed by atoms with E-state index in [4.69, 9.17) is 20.6 Å². The highest BCUT2D eigenvalue weighted by Crippen LogP contribution is 2.20. The molecule has 5 heteroatoms.